The first kappa shape index (κ1) is 13.0. The summed E-state index contributed by atoms with van der Waals surface area (Å²) in [5.41, 5.74) is 1.38. The molecule has 16 heavy (non-hydrogen) atoms. The molecule has 0 bridgehead atoms. The van der Waals surface area contributed by atoms with E-state index in [1.54, 1.807) is 0 Å². The Balaban J connectivity index is 0.00000128. The summed E-state index contributed by atoms with van der Waals surface area (Å²) in [5, 5.41) is 6.13. The van der Waals surface area contributed by atoms with Crippen molar-refractivity contribution in [2.45, 2.75) is 26.4 Å². The van der Waals surface area contributed by atoms with Crippen LogP contribution in [-0.2, 0) is 6.54 Å². The Hall–Kier alpha value is -1.05. The number of hydrogen-bond donors (Lipinski definition) is 1. The minimum absolute atomic E-state index is 0. The van der Waals surface area contributed by atoms with Gasteiger partial charge in [0.1, 0.15) is 0 Å². The van der Waals surface area contributed by atoms with Gasteiger partial charge in [0, 0.05) is 12.6 Å². The topological polar surface area (TPSA) is 12.0 Å². The van der Waals surface area contributed by atoms with Crippen molar-refractivity contribution in [1.29, 1.82) is 0 Å². The van der Waals surface area contributed by atoms with Crippen LogP contribution in [0.25, 0.3) is 10.8 Å². The van der Waals surface area contributed by atoms with Gasteiger partial charge in [-0.1, -0.05) is 56.3 Å². The van der Waals surface area contributed by atoms with Crippen molar-refractivity contribution in [3.8, 4) is 0 Å². The molecule has 0 saturated heterocycles. The zero-order valence-electron chi connectivity index (χ0n) is 9.73. The molecular weight excluding hydrogens is 218 g/mol. The van der Waals surface area contributed by atoms with E-state index in [2.05, 4.69) is 61.6 Å². The summed E-state index contributed by atoms with van der Waals surface area (Å²) in [6.45, 7) is 5.29. The van der Waals surface area contributed by atoms with E-state index in [1.165, 1.54) is 16.3 Å². The largest absolute Gasteiger partial charge is 0.310 e. The van der Waals surface area contributed by atoms with Crippen molar-refractivity contribution < 1.29 is 0 Å². The maximum absolute atomic E-state index is 3.45. The van der Waals surface area contributed by atoms with E-state index in [4.69, 9.17) is 0 Å². The third-order valence-electron chi connectivity index (χ3n) is 2.58. The number of hydrogen-bond acceptors (Lipinski definition) is 1. The van der Waals surface area contributed by atoms with Gasteiger partial charge in [0.25, 0.3) is 0 Å². The molecule has 0 saturated carbocycles. The Bertz CT molecular complexity index is 446. The van der Waals surface area contributed by atoms with Crippen LogP contribution < -0.4 is 5.32 Å². The minimum Gasteiger partial charge on any atom is -0.310 e. The second-order valence-corrected chi connectivity index (χ2v) is 4.17. The Morgan fingerprint density at radius 3 is 2.44 bits per heavy atom. The second kappa shape index (κ2) is 5.88. The zero-order chi connectivity index (χ0) is 10.7. The standard InChI is InChI=1S/C14H17N.ClH/c1-11(2)15-10-13-8-5-7-12-6-3-4-9-14(12)13;/h3-9,11,15H,10H2,1-2H3;1H. The molecule has 2 aromatic rings. The lowest BCUT2D eigenvalue weighted by Crippen LogP contribution is -2.21. The Morgan fingerprint density at radius 1 is 1.00 bits per heavy atom. The third kappa shape index (κ3) is 2.97. The monoisotopic (exact) mass is 235 g/mol. The molecule has 0 heterocycles. The molecule has 2 rings (SSSR count). The van der Waals surface area contributed by atoms with Crippen molar-refractivity contribution in [3.05, 3.63) is 48.0 Å². The highest BCUT2D eigenvalue weighted by Crippen LogP contribution is 2.18. The van der Waals surface area contributed by atoms with Gasteiger partial charge in [0.05, 0.1) is 0 Å². The first-order valence-corrected chi connectivity index (χ1v) is 5.47. The van der Waals surface area contributed by atoms with Crippen LogP contribution in [0.15, 0.2) is 42.5 Å². The van der Waals surface area contributed by atoms with Gasteiger partial charge in [-0.2, -0.15) is 0 Å². The molecule has 86 valence electrons. The van der Waals surface area contributed by atoms with Gasteiger partial charge < -0.3 is 5.32 Å². The van der Waals surface area contributed by atoms with E-state index in [9.17, 15) is 0 Å². The Morgan fingerprint density at radius 2 is 1.69 bits per heavy atom. The van der Waals surface area contributed by atoms with E-state index >= 15 is 0 Å². The molecule has 0 spiro atoms. The van der Waals surface area contributed by atoms with Crippen LogP contribution in [-0.4, -0.2) is 6.04 Å². The van der Waals surface area contributed by atoms with E-state index in [-0.39, 0.29) is 12.4 Å². The van der Waals surface area contributed by atoms with Gasteiger partial charge in [-0.05, 0) is 16.3 Å². The molecule has 0 aromatic heterocycles. The summed E-state index contributed by atoms with van der Waals surface area (Å²) < 4.78 is 0. The molecule has 0 fully saturated rings. The number of nitrogens with one attached hydrogen (secondary N) is 1. The molecule has 0 amide bonds. The minimum atomic E-state index is 0. The number of benzene rings is 2. The zero-order valence-corrected chi connectivity index (χ0v) is 10.6. The van der Waals surface area contributed by atoms with Crippen molar-refractivity contribution in [2.75, 3.05) is 0 Å². The van der Waals surface area contributed by atoms with Gasteiger partial charge in [-0.3, -0.25) is 0 Å². The number of halogens is 1. The first-order chi connectivity index (χ1) is 7.27. The summed E-state index contributed by atoms with van der Waals surface area (Å²) >= 11 is 0. The van der Waals surface area contributed by atoms with Gasteiger partial charge in [0.2, 0.25) is 0 Å². The van der Waals surface area contributed by atoms with Crippen LogP contribution in [0, 0.1) is 0 Å². The molecule has 0 atom stereocenters. The number of rotatable bonds is 3. The van der Waals surface area contributed by atoms with Crippen molar-refractivity contribution in [3.63, 3.8) is 0 Å². The molecule has 0 aliphatic carbocycles. The average Bonchev–Trinajstić information content (AvgIpc) is 2.26. The lowest BCUT2D eigenvalue weighted by atomic mass is 10.0. The van der Waals surface area contributed by atoms with E-state index in [1.807, 2.05) is 0 Å². The summed E-state index contributed by atoms with van der Waals surface area (Å²) in [6, 6.07) is 15.5. The summed E-state index contributed by atoms with van der Waals surface area (Å²) in [7, 11) is 0. The highest BCUT2D eigenvalue weighted by molar-refractivity contribution is 5.85. The predicted octanol–water partition coefficient (Wildman–Crippen LogP) is 3.76. The quantitative estimate of drug-likeness (QED) is 0.854. The molecule has 1 nitrogen and oxygen atoms in total. The molecule has 2 heteroatoms. The molecule has 0 aliphatic heterocycles. The SMILES string of the molecule is CC(C)NCc1cccc2ccccc12.Cl. The van der Waals surface area contributed by atoms with Crippen LogP contribution in [0.3, 0.4) is 0 Å². The van der Waals surface area contributed by atoms with Crippen LogP contribution in [0.4, 0.5) is 0 Å². The smallest absolute Gasteiger partial charge is 0.0214 e. The summed E-state index contributed by atoms with van der Waals surface area (Å²) in [6.07, 6.45) is 0. The van der Waals surface area contributed by atoms with Gasteiger partial charge in [-0.15, -0.1) is 12.4 Å². The summed E-state index contributed by atoms with van der Waals surface area (Å²) in [5.74, 6) is 0. The normalized spacial score (nSPS) is 10.4. The Kier molecular flexibility index (Phi) is 4.78. The lowest BCUT2D eigenvalue weighted by Gasteiger charge is -2.10. The molecule has 0 aliphatic rings. The Labute approximate surface area is 103 Å². The van der Waals surface area contributed by atoms with Crippen LogP contribution in [0.1, 0.15) is 19.4 Å². The molecule has 2 aromatic carbocycles. The lowest BCUT2D eigenvalue weighted by molar-refractivity contribution is 0.591. The van der Waals surface area contributed by atoms with Crippen LogP contribution >= 0.6 is 12.4 Å². The van der Waals surface area contributed by atoms with Crippen LogP contribution in [0.5, 0.6) is 0 Å². The average molecular weight is 236 g/mol. The second-order valence-electron chi connectivity index (χ2n) is 4.17. The summed E-state index contributed by atoms with van der Waals surface area (Å²) in [4.78, 5) is 0. The number of fused-ring (bicyclic) bond motifs is 1. The predicted molar refractivity (Wildman–Crippen MR) is 73.2 cm³/mol. The van der Waals surface area contributed by atoms with Crippen molar-refractivity contribution >= 4 is 23.2 Å². The fourth-order valence-electron chi connectivity index (χ4n) is 1.76. The van der Waals surface area contributed by atoms with E-state index in [0.717, 1.165) is 6.54 Å². The highest BCUT2D eigenvalue weighted by Gasteiger charge is 2.00. The van der Waals surface area contributed by atoms with Gasteiger partial charge in [-0.25, -0.2) is 0 Å². The van der Waals surface area contributed by atoms with Gasteiger partial charge >= 0.3 is 0 Å². The first-order valence-electron chi connectivity index (χ1n) is 5.47. The fraction of sp³-hybridized carbons (Fsp3) is 0.286. The molecular formula is C14H18ClN. The molecule has 0 radical (unpaired) electrons. The fourth-order valence-corrected chi connectivity index (χ4v) is 1.76. The molecule has 1 N–H and O–H groups in total. The maximum Gasteiger partial charge on any atom is 0.0214 e. The van der Waals surface area contributed by atoms with Gasteiger partial charge in [0.15, 0.2) is 0 Å². The van der Waals surface area contributed by atoms with Crippen molar-refractivity contribution in [2.24, 2.45) is 0 Å². The highest BCUT2D eigenvalue weighted by atomic mass is 35.5. The van der Waals surface area contributed by atoms with E-state index in [0.29, 0.717) is 6.04 Å². The van der Waals surface area contributed by atoms with Crippen LogP contribution in [0.2, 0.25) is 0 Å². The van der Waals surface area contributed by atoms with E-state index < -0.39 is 0 Å². The molecule has 0 unspecified atom stereocenters. The maximum atomic E-state index is 3.45. The third-order valence-corrected chi connectivity index (χ3v) is 2.58. The van der Waals surface area contributed by atoms with Crippen molar-refractivity contribution in [1.82, 2.24) is 5.32 Å².